The first-order valence-corrected chi connectivity index (χ1v) is 9.94. The molecule has 2 N–H and O–H groups in total. The van der Waals surface area contributed by atoms with Crippen molar-refractivity contribution in [1.29, 1.82) is 0 Å². The highest BCUT2D eigenvalue weighted by Gasteiger charge is 2.53. The highest BCUT2D eigenvalue weighted by Crippen LogP contribution is 2.57. The van der Waals surface area contributed by atoms with E-state index in [0.717, 1.165) is 6.42 Å². The lowest BCUT2D eigenvalue weighted by atomic mass is 9.59. The predicted molar refractivity (Wildman–Crippen MR) is 107 cm³/mol. The number of aromatic hydroxyl groups is 2. The Labute approximate surface area is 166 Å². The molecule has 28 heavy (non-hydrogen) atoms. The second kappa shape index (κ2) is 6.64. The van der Waals surface area contributed by atoms with E-state index in [4.69, 9.17) is 4.74 Å². The number of fused-ring (bicyclic) bond motifs is 2. The molecule has 0 bridgehead atoms. The zero-order valence-electron chi connectivity index (χ0n) is 17.5. The minimum absolute atomic E-state index is 0.0699. The fourth-order valence-electron chi connectivity index (χ4n) is 4.45. The van der Waals surface area contributed by atoms with Gasteiger partial charge in [-0.15, -0.1) is 0 Å². The Balaban J connectivity index is 2.23. The van der Waals surface area contributed by atoms with Crippen LogP contribution in [-0.4, -0.2) is 27.9 Å². The molecule has 1 aromatic carbocycles. The van der Waals surface area contributed by atoms with Gasteiger partial charge in [-0.3, -0.25) is 9.59 Å². The normalized spacial score (nSPS) is 28.6. The number of phenols is 2. The summed E-state index contributed by atoms with van der Waals surface area (Å²) < 4.78 is 6.28. The van der Waals surface area contributed by atoms with Crippen LogP contribution in [0.3, 0.4) is 0 Å². The quantitative estimate of drug-likeness (QED) is 0.446. The summed E-state index contributed by atoms with van der Waals surface area (Å²) >= 11 is 0. The van der Waals surface area contributed by atoms with E-state index in [-0.39, 0.29) is 28.0 Å². The van der Waals surface area contributed by atoms with Gasteiger partial charge in [-0.05, 0) is 37.7 Å². The number of carbonyl (C=O) groups is 2. The van der Waals surface area contributed by atoms with Gasteiger partial charge in [-0.25, -0.2) is 0 Å². The number of rotatable bonds is 4. The number of Topliss-reactive ketones (excluding diaryl/α,β-unsaturated/α-hetero) is 1. The third-order valence-corrected chi connectivity index (χ3v) is 6.71. The van der Waals surface area contributed by atoms with Gasteiger partial charge in [0, 0.05) is 16.9 Å². The number of phenolic OH excluding ortho intramolecular Hbond substituents is 2. The number of benzene rings is 1. The third kappa shape index (κ3) is 2.83. The molecule has 0 saturated carbocycles. The van der Waals surface area contributed by atoms with E-state index in [0.29, 0.717) is 30.1 Å². The molecule has 1 aromatic rings. The Morgan fingerprint density at radius 3 is 2.39 bits per heavy atom. The van der Waals surface area contributed by atoms with Gasteiger partial charge >= 0.3 is 0 Å². The summed E-state index contributed by atoms with van der Waals surface area (Å²) in [6.45, 7) is 11.8. The van der Waals surface area contributed by atoms with Crippen LogP contribution in [0.4, 0.5) is 0 Å². The van der Waals surface area contributed by atoms with Gasteiger partial charge in [0.2, 0.25) is 0 Å². The molecule has 152 valence electrons. The standard InChI is InChI=1S/C23H30O5/c1-12(2)14-7-8-23(6)22(5,9-14)10-15-19(26)17(18(25)13(3)4)20(27)16(11-24)21(15)28-23/h7-8,11-14,26-27H,9-10H2,1-6H3. The van der Waals surface area contributed by atoms with E-state index in [1.807, 2.05) is 13.0 Å². The van der Waals surface area contributed by atoms with E-state index >= 15 is 0 Å². The molecule has 1 aliphatic carbocycles. The van der Waals surface area contributed by atoms with E-state index in [9.17, 15) is 19.8 Å². The maximum Gasteiger partial charge on any atom is 0.172 e. The lowest BCUT2D eigenvalue weighted by Gasteiger charge is -2.53. The number of carbonyl (C=O) groups excluding carboxylic acids is 2. The fourth-order valence-corrected chi connectivity index (χ4v) is 4.45. The molecular weight excluding hydrogens is 356 g/mol. The molecule has 1 aliphatic heterocycles. The van der Waals surface area contributed by atoms with Gasteiger partial charge in [0.25, 0.3) is 0 Å². The average molecular weight is 386 g/mol. The second-order valence-electron chi connectivity index (χ2n) is 9.35. The van der Waals surface area contributed by atoms with Crippen molar-refractivity contribution >= 4 is 12.1 Å². The van der Waals surface area contributed by atoms with Crippen molar-refractivity contribution < 1.29 is 24.5 Å². The van der Waals surface area contributed by atoms with Crippen molar-refractivity contribution in [2.24, 2.45) is 23.2 Å². The zero-order valence-corrected chi connectivity index (χ0v) is 17.5. The summed E-state index contributed by atoms with van der Waals surface area (Å²) in [5.74, 6) is -0.572. The summed E-state index contributed by atoms with van der Waals surface area (Å²) in [4.78, 5) is 24.4. The van der Waals surface area contributed by atoms with Crippen molar-refractivity contribution in [1.82, 2.24) is 0 Å². The first-order chi connectivity index (χ1) is 13.0. The Bertz CT molecular complexity index is 866. The third-order valence-electron chi connectivity index (χ3n) is 6.71. The van der Waals surface area contributed by atoms with Crippen molar-refractivity contribution in [2.45, 2.75) is 60.0 Å². The van der Waals surface area contributed by atoms with Gasteiger partial charge in [0.15, 0.2) is 12.1 Å². The Morgan fingerprint density at radius 1 is 1.21 bits per heavy atom. The lowest BCUT2D eigenvalue weighted by molar-refractivity contribution is -0.0389. The van der Waals surface area contributed by atoms with Crippen LogP contribution in [0.15, 0.2) is 12.2 Å². The number of aldehydes is 1. The minimum atomic E-state index is -0.675. The number of hydrogen-bond acceptors (Lipinski definition) is 5. The first-order valence-electron chi connectivity index (χ1n) is 9.94. The van der Waals surface area contributed by atoms with Crippen molar-refractivity contribution in [3.05, 3.63) is 28.8 Å². The van der Waals surface area contributed by atoms with Crippen molar-refractivity contribution in [3.63, 3.8) is 0 Å². The number of ketones is 1. The fraction of sp³-hybridized carbons (Fsp3) is 0.565. The molecule has 0 fully saturated rings. The lowest BCUT2D eigenvalue weighted by Crippen LogP contribution is -2.54. The van der Waals surface area contributed by atoms with Crippen molar-refractivity contribution in [2.75, 3.05) is 0 Å². The maximum absolute atomic E-state index is 12.6. The Hall–Kier alpha value is -2.30. The molecule has 0 spiro atoms. The van der Waals surface area contributed by atoms with E-state index in [1.54, 1.807) is 13.8 Å². The van der Waals surface area contributed by atoms with Crippen LogP contribution in [0.2, 0.25) is 0 Å². The van der Waals surface area contributed by atoms with E-state index in [1.165, 1.54) is 0 Å². The van der Waals surface area contributed by atoms with Crippen LogP contribution in [0, 0.1) is 23.2 Å². The summed E-state index contributed by atoms with van der Waals surface area (Å²) in [6.07, 6.45) is 6.02. The highest BCUT2D eigenvalue weighted by molar-refractivity contribution is 6.06. The van der Waals surface area contributed by atoms with Crippen molar-refractivity contribution in [3.8, 4) is 17.2 Å². The molecule has 0 saturated heterocycles. The molecule has 3 atom stereocenters. The molecule has 5 heteroatoms. The van der Waals surface area contributed by atoms with E-state index in [2.05, 4.69) is 26.8 Å². The van der Waals surface area contributed by atoms with Crippen LogP contribution in [0.5, 0.6) is 17.2 Å². The van der Waals surface area contributed by atoms with Crippen LogP contribution >= 0.6 is 0 Å². The van der Waals surface area contributed by atoms with Gasteiger partial charge in [0.1, 0.15) is 28.4 Å². The average Bonchev–Trinajstić information content (AvgIpc) is 2.60. The van der Waals surface area contributed by atoms with Gasteiger partial charge in [-0.2, -0.15) is 0 Å². The largest absolute Gasteiger partial charge is 0.507 e. The summed E-state index contributed by atoms with van der Waals surface area (Å²) in [7, 11) is 0. The van der Waals surface area contributed by atoms with Crippen LogP contribution < -0.4 is 4.74 Å². The molecule has 5 nitrogen and oxygen atoms in total. The van der Waals surface area contributed by atoms with Gasteiger partial charge in [-0.1, -0.05) is 40.7 Å². The molecule has 3 unspecified atom stereocenters. The molecule has 0 radical (unpaired) electrons. The first kappa shape index (κ1) is 20.4. The Kier molecular flexibility index (Phi) is 4.85. The predicted octanol–water partition coefficient (Wildman–Crippen LogP) is 4.68. The molecule has 3 rings (SSSR count). The minimum Gasteiger partial charge on any atom is -0.507 e. The highest BCUT2D eigenvalue weighted by atomic mass is 16.5. The SMILES string of the molecule is CC(C)C(=O)c1c(O)c(C=O)c2c(c1O)CC1(C)CC(C(C)C)C=CC1(C)O2. The maximum atomic E-state index is 12.6. The molecule has 2 aliphatic rings. The molecule has 0 aromatic heterocycles. The monoisotopic (exact) mass is 386 g/mol. The van der Waals surface area contributed by atoms with E-state index < -0.39 is 23.1 Å². The number of allylic oxidation sites excluding steroid dienone is 1. The number of hydrogen-bond donors (Lipinski definition) is 2. The molecular formula is C23H30O5. The summed E-state index contributed by atoms with van der Waals surface area (Å²) in [5.41, 5.74) is -0.818. The molecule has 0 amide bonds. The topological polar surface area (TPSA) is 83.8 Å². The molecule has 1 heterocycles. The Morgan fingerprint density at radius 2 is 1.86 bits per heavy atom. The van der Waals surface area contributed by atoms with Gasteiger partial charge < -0.3 is 14.9 Å². The smallest absolute Gasteiger partial charge is 0.172 e. The number of ether oxygens (including phenoxy) is 1. The van der Waals surface area contributed by atoms with Crippen LogP contribution in [0.25, 0.3) is 0 Å². The summed E-state index contributed by atoms with van der Waals surface area (Å²) in [6, 6.07) is 0. The van der Waals surface area contributed by atoms with Crippen LogP contribution in [-0.2, 0) is 6.42 Å². The second-order valence-corrected chi connectivity index (χ2v) is 9.35. The van der Waals surface area contributed by atoms with Crippen LogP contribution in [0.1, 0.15) is 74.2 Å². The van der Waals surface area contributed by atoms with Gasteiger partial charge in [0.05, 0.1) is 5.56 Å². The summed E-state index contributed by atoms with van der Waals surface area (Å²) in [5, 5.41) is 21.5. The zero-order chi connectivity index (χ0) is 21.0.